The first-order chi connectivity index (χ1) is 13.4. The van der Waals surface area contributed by atoms with Crippen molar-refractivity contribution in [1.82, 2.24) is 9.88 Å². The molecule has 1 aromatic carbocycles. The van der Waals surface area contributed by atoms with Crippen LogP contribution in [0.15, 0.2) is 30.5 Å². The van der Waals surface area contributed by atoms with Crippen LogP contribution in [0.5, 0.6) is 0 Å². The van der Waals surface area contributed by atoms with Crippen molar-refractivity contribution in [2.24, 2.45) is 5.92 Å². The minimum absolute atomic E-state index is 0.0896. The van der Waals surface area contributed by atoms with Gasteiger partial charge in [-0.15, -0.1) is 0 Å². The third kappa shape index (κ3) is 4.28. The molecule has 1 aliphatic carbocycles. The number of aryl methyl sites for hydroxylation is 1. The van der Waals surface area contributed by atoms with E-state index in [1.54, 1.807) is 4.90 Å². The van der Waals surface area contributed by atoms with Crippen LogP contribution >= 0.6 is 0 Å². The largest absolute Gasteiger partial charge is 0.396 e. The number of nitrogens with two attached hydrogens (primary N) is 2. The fourth-order valence-electron chi connectivity index (χ4n) is 2.95. The maximum atomic E-state index is 12.8. The quantitative estimate of drug-likeness (QED) is 0.448. The van der Waals surface area contributed by atoms with Gasteiger partial charge in [-0.1, -0.05) is 24.3 Å². The lowest BCUT2D eigenvalue weighted by molar-refractivity contribution is -0.143. The number of nitrogens with one attached hydrogen (secondary N) is 2. The van der Waals surface area contributed by atoms with Gasteiger partial charge in [-0.3, -0.25) is 9.59 Å². The molecule has 1 aliphatic rings. The van der Waals surface area contributed by atoms with Crippen LogP contribution in [0.4, 0.5) is 17.2 Å². The number of nitrogens with zero attached hydrogens (tertiary/aromatic N) is 2. The van der Waals surface area contributed by atoms with Gasteiger partial charge in [0.1, 0.15) is 5.82 Å². The molecule has 6 N–H and O–H groups in total. The molecular formula is C20H24N6O2. The summed E-state index contributed by atoms with van der Waals surface area (Å²) in [6.07, 6.45) is 4.38. The summed E-state index contributed by atoms with van der Waals surface area (Å²) in [6.45, 7) is 2.90. The van der Waals surface area contributed by atoms with Crippen molar-refractivity contribution in [2.75, 3.05) is 23.3 Å². The number of amides is 2. The van der Waals surface area contributed by atoms with E-state index in [4.69, 9.17) is 16.9 Å². The van der Waals surface area contributed by atoms with E-state index in [1.807, 2.05) is 31.2 Å². The molecule has 146 valence electrons. The van der Waals surface area contributed by atoms with Crippen molar-refractivity contribution in [3.63, 3.8) is 0 Å². The molecule has 1 heterocycles. The first-order valence-electron chi connectivity index (χ1n) is 9.10. The standard InChI is InChI=1S/C20H24N6O2/c1-12-4-2-3-5-14(12)11-26(10-13-6-7-13)20(28)19(27)25-16-9-24-18(23)15(8-21)17(16)22/h2-5,8-9,13,21H,6-7,10-11H2,1H3,(H,25,27)(H4,22,23,24). The molecule has 1 aromatic heterocycles. The van der Waals surface area contributed by atoms with Gasteiger partial charge in [0.15, 0.2) is 0 Å². The molecule has 8 heteroatoms. The molecule has 8 nitrogen and oxygen atoms in total. The number of carbonyl (C=O) groups excluding carboxylic acids is 2. The Morgan fingerprint density at radius 3 is 2.68 bits per heavy atom. The van der Waals surface area contributed by atoms with Crippen LogP contribution in [-0.4, -0.2) is 34.5 Å². The van der Waals surface area contributed by atoms with Crippen LogP contribution in [0.1, 0.15) is 29.5 Å². The number of pyridine rings is 1. The Kier molecular flexibility index (Phi) is 5.58. The summed E-state index contributed by atoms with van der Waals surface area (Å²) in [6, 6.07) is 7.80. The van der Waals surface area contributed by atoms with Gasteiger partial charge < -0.3 is 27.1 Å². The van der Waals surface area contributed by atoms with Gasteiger partial charge >= 0.3 is 11.8 Å². The SMILES string of the molecule is Cc1ccccc1CN(CC1CC1)C(=O)C(=O)Nc1cnc(N)c(C=N)c1N. The molecular weight excluding hydrogens is 356 g/mol. The Labute approximate surface area is 163 Å². The van der Waals surface area contributed by atoms with E-state index >= 15 is 0 Å². The van der Waals surface area contributed by atoms with Crippen LogP contribution in [0.25, 0.3) is 0 Å². The molecule has 1 fully saturated rings. The highest BCUT2D eigenvalue weighted by atomic mass is 16.2. The van der Waals surface area contributed by atoms with Crippen molar-refractivity contribution < 1.29 is 9.59 Å². The highest BCUT2D eigenvalue weighted by Crippen LogP contribution is 2.30. The molecule has 2 amide bonds. The predicted octanol–water partition coefficient (Wildman–Crippen LogP) is 1.93. The number of aromatic nitrogens is 1. The predicted molar refractivity (Wildman–Crippen MR) is 109 cm³/mol. The molecule has 0 atom stereocenters. The molecule has 0 saturated heterocycles. The second-order valence-corrected chi connectivity index (χ2v) is 7.04. The Hall–Kier alpha value is -3.42. The lowest BCUT2D eigenvalue weighted by atomic mass is 10.1. The molecule has 0 aliphatic heterocycles. The van der Waals surface area contributed by atoms with E-state index in [-0.39, 0.29) is 22.8 Å². The lowest BCUT2D eigenvalue weighted by Crippen LogP contribution is -2.40. The molecule has 2 aromatic rings. The van der Waals surface area contributed by atoms with Crippen LogP contribution < -0.4 is 16.8 Å². The normalized spacial score (nSPS) is 13.0. The smallest absolute Gasteiger partial charge is 0.314 e. The summed E-state index contributed by atoms with van der Waals surface area (Å²) < 4.78 is 0. The Morgan fingerprint density at radius 1 is 1.32 bits per heavy atom. The van der Waals surface area contributed by atoms with E-state index in [2.05, 4.69) is 10.3 Å². The van der Waals surface area contributed by atoms with Gasteiger partial charge in [-0.05, 0) is 36.8 Å². The number of carbonyl (C=O) groups is 2. The third-order valence-electron chi connectivity index (χ3n) is 4.86. The van der Waals surface area contributed by atoms with Crippen LogP contribution in [0.3, 0.4) is 0 Å². The molecule has 0 radical (unpaired) electrons. The highest BCUT2D eigenvalue weighted by Gasteiger charge is 2.30. The summed E-state index contributed by atoms with van der Waals surface area (Å²) in [7, 11) is 0. The maximum Gasteiger partial charge on any atom is 0.314 e. The van der Waals surface area contributed by atoms with Gasteiger partial charge in [-0.25, -0.2) is 4.98 Å². The summed E-state index contributed by atoms with van der Waals surface area (Å²) in [5, 5.41) is 9.88. The van der Waals surface area contributed by atoms with Gasteiger partial charge in [0.25, 0.3) is 0 Å². The maximum absolute atomic E-state index is 12.8. The average molecular weight is 380 g/mol. The van der Waals surface area contributed by atoms with E-state index < -0.39 is 11.8 Å². The van der Waals surface area contributed by atoms with Crippen molar-refractivity contribution in [2.45, 2.75) is 26.3 Å². The zero-order chi connectivity index (χ0) is 20.3. The molecule has 0 unspecified atom stereocenters. The van der Waals surface area contributed by atoms with Crippen LogP contribution in [0.2, 0.25) is 0 Å². The highest BCUT2D eigenvalue weighted by molar-refractivity contribution is 6.39. The number of hydrogen-bond acceptors (Lipinski definition) is 6. The van der Waals surface area contributed by atoms with E-state index in [1.165, 1.54) is 6.20 Å². The second kappa shape index (κ2) is 8.08. The molecule has 1 saturated carbocycles. The van der Waals surface area contributed by atoms with Crippen molar-refractivity contribution in [3.8, 4) is 0 Å². The summed E-state index contributed by atoms with van der Waals surface area (Å²) in [4.78, 5) is 30.9. The minimum atomic E-state index is -0.788. The number of rotatable bonds is 6. The second-order valence-electron chi connectivity index (χ2n) is 7.04. The monoisotopic (exact) mass is 380 g/mol. The average Bonchev–Trinajstić information content (AvgIpc) is 3.49. The first-order valence-corrected chi connectivity index (χ1v) is 9.10. The molecule has 28 heavy (non-hydrogen) atoms. The first kappa shape index (κ1) is 19.3. The van der Waals surface area contributed by atoms with Crippen LogP contribution in [0, 0.1) is 18.3 Å². The fourth-order valence-corrected chi connectivity index (χ4v) is 2.95. The van der Waals surface area contributed by atoms with Gasteiger partial charge in [0, 0.05) is 19.3 Å². The van der Waals surface area contributed by atoms with E-state index in [0.717, 1.165) is 30.2 Å². The Bertz CT molecular complexity index is 923. The summed E-state index contributed by atoms with van der Waals surface area (Å²) in [5.41, 5.74) is 14.2. The summed E-state index contributed by atoms with van der Waals surface area (Å²) >= 11 is 0. The Morgan fingerprint density at radius 2 is 2.04 bits per heavy atom. The molecule has 0 spiro atoms. The zero-order valence-corrected chi connectivity index (χ0v) is 15.7. The topological polar surface area (TPSA) is 138 Å². The zero-order valence-electron chi connectivity index (χ0n) is 15.7. The van der Waals surface area contributed by atoms with Crippen molar-refractivity contribution >= 4 is 35.2 Å². The fraction of sp³-hybridized carbons (Fsp3) is 0.300. The number of anilines is 3. The number of hydrogen-bond donors (Lipinski definition) is 4. The van der Waals surface area contributed by atoms with Crippen molar-refractivity contribution in [3.05, 3.63) is 47.2 Å². The Balaban J connectivity index is 1.78. The van der Waals surface area contributed by atoms with Crippen LogP contribution in [-0.2, 0) is 16.1 Å². The van der Waals surface area contributed by atoms with Gasteiger partial charge in [0.05, 0.1) is 23.1 Å². The summed E-state index contributed by atoms with van der Waals surface area (Å²) in [5.74, 6) is -0.883. The van der Waals surface area contributed by atoms with E-state index in [9.17, 15) is 9.59 Å². The number of nitrogen functional groups attached to an aromatic ring is 2. The van der Waals surface area contributed by atoms with Gasteiger partial charge in [-0.2, -0.15) is 0 Å². The number of benzene rings is 1. The van der Waals surface area contributed by atoms with Gasteiger partial charge in [0.2, 0.25) is 0 Å². The lowest BCUT2D eigenvalue weighted by Gasteiger charge is -2.23. The molecule has 3 rings (SSSR count). The third-order valence-corrected chi connectivity index (χ3v) is 4.86. The van der Waals surface area contributed by atoms with Crippen molar-refractivity contribution in [1.29, 1.82) is 5.41 Å². The van der Waals surface area contributed by atoms with E-state index in [0.29, 0.717) is 19.0 Å². The molecule has 0 bridgehead atoms. The minimum Gasteiger partial charge on any atom is -0.396 e.